The first-order valence-electron chi connectivity index (χ1n) is 15.3. The molecule has 226 valence electrons. The molecule has 0 aliphatic heterocycles. The first kappa shape index (κ1) is 27.9. The number of carbonyl (C=O) groups excluding carboxylic acids is 2. The number of nitrogens with zero attached hydrogens (tertiary/aromatic N) is 3. The van der Waals surface area contributed by atoms with E-state index in [2.05, 4.69) is 15.2 Å². The van der Waals surface area contributed by atoms with Gasteiger partial charge >= 0.3 is 5.97 Å². The molecular formula is C34H35N5O5. The van der Waals surface area contributed by atoms with Gasteiger partial charge in [0.1, 0.15) is 23.3 Å². The lowest BCUT2D eigenvalue weighted by molar-refractivity contribution is -0.122. The second kappa shape index (κ2) is 11.0. The number of aryl methyl sites for hydroxylation is 1. The number of aromatic carboxylic acids is 1. The molecule has 3 N–H and O–H groups in total. The van der Waals surface area contributed by atoms with Crippen LogP contribution in [0.25, 0.3) is 33.3 Å². The number of hydrogen-bond donors (Lipinski definition) is 3. The van der Waals surface area contributed by atoms with Crippen LogP contribution in [0.1, 0.15) is 84.7 Å². The molecule has 0 atom stereocenters. The number of amides is 2. The van der Waals surface area contributed by atoms with Crippen molar-refractivity contribution in [3.05, 3.63) is 72.3 Å². The summed E-state index contributed by atoms with van der Waals surface area (Å²) >= 11 is 0. The zero-order valence-electron chi connectivity index (χ0n) is 24.6. The van der Waals surface area contributed by atoms with Gasteiger partial charge in [-0.2, -0.15) is 0 Å². The molecule has 2 aromatic carbocycles. The van der Waals surface area contributed by atoms with Crippen molar-refractivity contribution in [1.29, 1.82) is 0 Å². The topological polar surface area (TPSA) is 131 Å². The first-order chi connectivity index (χ1) is 21.3. The van der Waals surface area contributed by atoms with Crippen LogP contribution in [0.15, 0.2) is 65.5 Å². The lowest BCUT2D eigenvalue weighted by Crippen LogP contribution is -2.55. The summed E-state index contributed by atoms with van der Waals surface area (Å²) in [5.41, 5.74) is 3.51. The molecule has 0 spiro atoms. The van der Waals surface area contributed by atoms with Crippen molar-refractivity contribution in [1.82, 2.24) is 19.4 Å². The summed E-state index contributed by atoms with van der Waals surface area (Å²) in [5, 5.41) is 16.3. The fourth-order valence-corrected chi connectivity index (χ4v) is 7.10. The summed E-state index contributed by atoms with van der Waals surface area (Å²) in [6.07, 6.45) is 11.9. The summed E-state index contributed by atoms with van der Waals surface area (Å²) in [6.45, 7) is 0. The van der Waals surface area contributed by atoms with E-state index in [4.69, 9.17) is 9.40 Å². The van der Waals surface area contributed by atoms with Gasteiger partial charge in [0.2, 0.25) is 5.91 Å². The van der Waals surface area contributed by atoms with Gasteiger partial charge in [-0.3, -0.25) is 9.59 Å². The standard InChI is InChI=1S/C34H35N5O5/c1-38-27-12-10-24(17-23(27)19-29(38)32(41)42)35-33(43)34(14-5-6-15-34)37-31(40)21-9-11-28-26(18-21)36-30(22-13-16-44-20-22)39(28)25-7-3-2-4-8-25/h9-13,16-20,25H,2-8,14-15H2,1H3,(H,35,43)(H,37,40)(H,41,42). The highest BCUT2D eigenvalue weighted by Gasteiger charge is 2.42. The van der Waals surface area contributed by atoms with Gasteiger partial charge in [-0.05, 0) is 74.2 Å². The van der Waals surface area contributed by atoms with Gasteiger partial charge in [-0.25, -0.2) is 9.78 Å². The summed E-state index contributed by atoms with van der Waals surface area (Å²) in [5.74, 6) is -0.762. The molecule has 10 heteroatoms. The molecule has 0 saturated heterocycles. The second-order valence-corrected chi connectivity index (χ2v) is 12.2. The van der Waals surface area contributed by atoms with Gasteiger partial charge in [-0.15, -0.1) is 0 Å². The number of carbonyl (C=O) groups is 3. The molecular weight excluding hydrogens is 558 g/mol. The van der Waals surface area contributed by atoms with Crippen molar-refractivity contribution in [2.45, 2.75) is 69.4 Å². The predicted molar refractivity (Wildman–Crippen MR) is 167 cm³/mol. The van der Waals surface area contributed by atoms with Crippen LogP contribution in [0.5, 0.6) is 0 Å². The highest BCUT2D eigenvalue weighted by molar-refractivity contribution is 6.06. The molecule has 3 heterocycles. The van der Waals surface area contributed by atoms with Crippen LogP contribution in [0.4, 0.5) is 5.69 Å². The monoisotopic (exact) mass is 593 g/mol. The quantitative estimate of drug-likeness (QED) is 0.193. The third-order valence-electron chi connectivity index (χ3n) is 9.43. The van der Waals surface area contributed by atoms with E-state index >= 15 is 0 Å². The number of furan rings is 1. The molecule has 2 saturated carbocycles. The van der Waals surface area contributed by atoms with Crippen molar-refractivity contribution in [2.24, 2.45) is 7.05 Å². The van der Waals surface area contributed by atoms with E-state index in [-0.39, 0.29) is 17.5 Å². The Morgan fingerprint density at radius 1 is 0.955 bits per heavy atom. The molecule has 2 aliphatic carbocycles. The number of rotatable bonds is 7. The number of carboxylic acids is 1. The van der Waals surface area contributed by atoms with E-state index in [0.29, 0.717) is 35.5 Å². The van der Waals surface area contributed by atoms with E-state index in [1.807, 2.05) is 24.3 Å². The zero-order chi connectivity index (χ0) is 30.4. The summed E-state index contributed by atoms with van der Waals surface area (Å²) in [4.78, 5) is 44.0. The number of nitrogens with one attached hydrogen (secondary N) is 2. The number of benzene rings is 2. The fourth-order valence-electron chi connectivity index (χ4n) is 7.10. The van der Waals surface area contributed by atoms with Crippen molar-refractivity contribution in [3.63, 3.8) is 0 Å². The predicted octanol–water partition coefficient (Wildman–Crippen LogP) is 6.67. The smallest absolute Gasteiger partial charge is 0.352 e. The maximum absolute atomic E-state index is 13.7. The lowest BCUT2D eigenvalue weighted by Gasteiger charge is -2.29. The van der Waals surface area contributed by atoms with Crippen LogP contribution < -0.4 is 10.6 Å². The van der Waals surface area contributed by atoms with Gasteiger partial charge in [0.05, 0.1) is 22.9 Å². The van der Waals surface area contributed by atoms with Gasteiger partial charge in [0, 0.05) is 35.2 Å². The van der Waals surface area contributed by atoms with Crippen LogP contribution >= 0.6 is 0 Å². The molecule has 0 radical (unpaired) electrons. The van der Waals surface area contributed by atoms with Gasteiger partial charge in [0.25, 0.3) is 5.91 Å². The number of imidazole rings is 1. The molecule has 2 fully saturated rings. The van der Waals surface area contributed by atoms with Gasteiger partial charge < -0.3 is 29.3 Å². The van der Waals surface area contributed by atoms with Gasteiger partial charge in [-0.1, -0.05) is 32.1 Å². The summed E-state index contributed by atoms with van der Waals surface area (Å²) in [6, 6.07) is 14.8. The molecule has 44 heavy (non-hydrogen) atoms. The van der Waals surface area contributed by atoms with Crippen LogP contribution in [-0.4, -0.2) is 42.5 Å². The fraction of sp³-hybridized carbons (Fsp3) is 0.353. The molecule has 3 aromatic heterocycles. The summed E-state index contributed by atoms with van der Waals surface area (Å²) in [7, 11) is 1.70. The normalized spacial score (nSPS) is 16.8. The first-order valence-corrected chi connectivity index (χ1v) is 15.3. The molecule has 0 bridgehead atoms. The SMILES string of the molecule is Cn1c(C(=O)O)cc2cc(NC(=O)C3(NC(=O)c4ccc5c(c4)nc(-c4ccoc4)n5C4CCCCC4)CCCC3)ccc21. The lowest BCUT2D eigenvalue weighted by atomic mass is 9.94. The maximum atomic E-state index is 13.7. The number of fused-ring (bicyclic) bond motifs is 2. The van der Waals surface area contributed by atoms with Crippen molar-refractivity contribution in [2.75, 3.05) is 5.32 Å². The Morgan fingerprint density at radius 3 is 2.45 bits per heavy atom. The number of hydrogen-bond acceptors (Lipinski definition) is 5. The molecule has 2 aliphatic rings. The number of anilines is 1. The highest BCUT2D eigenvalue weighted by atomic mass is 16.4. The average molecular weight is 594 g/mol. The maximum Gasteiger partial charge on any atom is 0.352 e. The Bertz CT molecular complexity index is 1890. The van der Waals surface area contributed by atoms with E-state index in [1.165, 1.54) is 19.3 Å². The van der Waals surface area contributed by atoms with Crippen LogP contribution in [0, 0.1) is 0 Å². The van der Waals surface area contributed by atoms with E-state index in [0.717, 1.165) is 53.6 Å². The second-order valence-electron chi connectivity index (χ2n) is 12.2. The Morgan fingerprint density at radius 2 is 1.73 bits per heavy atom. The zero-order valence-corrected chi connectivity index (χ0v) is 24.6. The molecule has 5 aromatic rings. The molecule has 7 rings (SSSR count). The summed E-state index contributed by atoms with van der Waals surface area (Å²) < 4.78 is 9.28. The Labute approximate surface area is 254 Å². The third-order valence-corrected chi connectivity index (χ3v) is 9.43. The van der Waals surface area contributed by atoms with Crippen molar-refractivity contribution >= 4 is 45.4 Å². The minimum absolute atomic E-state index is 0.167. The largest absolute Gasteiger partial charge is 0.477 e. The van der Waals surface area contributed by atoms with Crippen LogP contribution in [0.2, 0.25) is 0 Å². The minimum Gasteiger partial charge on any atom is -0.477 e. The number of aromatic nitrogens is 3. The number of carboxylic acid groups (broad SMARTS) is 1. The highest BCUT2D eigenvalue weighted by Crippen LogP contribution is 2.37. The Balaban J connectivity index is 1.15. The molecule has 0 unspecified atom stereocenters. The average Bonchev–Trinajstić information content (AvgIpc) is 3.83. The van der Waals surface area contributed by atoms with E-state index in [1.54, 1.807) is 48.4 Å². The third kappa shape index (κ3) is 4.84. The van der Waals surface area contributed by atoms with E-state index < -0.39 is 11.5 Å². The van der Waals surface area contributed by atoms with Gasteiger partial charge in [0.15, 0.2) is 0 Å². The van der Waals surface area contributed by atoms with Crippen molar-refractivity contribution in [3.8, 4) is 11.4 Å². The van der Waals surface area contributed by atoms with Crippen LogP contribution in [-0.2, 0) is 11.8 Å². The molecule has 10 nitrogen and oxygen atoms in total. The van der Waals surface area contributed by atoms with Crippen LogP contribution in [0.3, 0.4) is 0 Å². The van der Waals surface area contributed by atoms with E-state index in [9.17, 15) is 19.5 Å². The Kier molecular flexibility index (Phi) is 6.99. The minimum atomic E-state index is -1.05. The van der Waals surface area contributed by atoms with Crippen molar-refractivity contribution < 1.29 is 23.9 Å². The Hall–Kier alpha value is -4.86. The molecule has 2 amide bonds.